The molecule has 1 heterocycles. The lowest BCUT2D eigenvalue weighted by molar-refractivity contribution is 0.0697. The topological polar surface area (TPSA) is 77.9 Å². The number of carboxylic acids is 1. The maximum Gasteiger partial charge on any atom is 0.337 e. The molecule has 1 fully saturated rings. The summed E-state index contributed by atoms with van der Waals surface area (Å²) in [6, 6.07) is 2.71. The zero-order chi connectivity index (χ0) is 22.5. The van der Waals surface area contributed by atoms with E-state index in [1.54, 1.807) is 0 Å². The van der Waals surface area contributed by atoms with Gasteiger partial charge >= 0.3 is 5.97 Å². The molecule has 2 unspecified atom stereocenters. The number of aromatic carboxylic acids is 1. The Kier molecular flexibility index (Phi) is 9.00. The van der Waals surface area contributed by atoms with Gasteiger partial charge in [-0.2, -0.15) is 4.31 Å². The molecule has 1 aromatic carbocycles. The predicted octanol–water partition coefficient (Wildman–Crippen LogP) is 5.11. The van der Waals surface area contributed by atoms with Gasteiger partial charge in [0.05, 0.1) is 21.2 Å². The molecule has 0 saturated carbocycles. The summed E-state index contributed by atoms with van der Waals surface area (Å²) in [5.74, 6) is -0.645. The average molecular weight is 459 g/mol. The fraction of sp³-hybridized carbons (Fsp3) is 0.682. The molecule has 1 saturated heterocycles. The van der Waals surface area contributed by atoms with Gasteiger partial charge in [-0.3, -0.25) is 0 Å². The van der Waals surface area contributed by atoms with Crippen LogP contribution in [0.4, 0.5) is 5.69 Å². The number of hydrogen-bond donors (Lipinski definition) is 1. The van der Waals surface area contributed by atoms with E-state index >= 15 is 0 Å². The molecule has 1 N–H and O–H groups in total. The molecule has 2 atom stereocenters. The van der Waals surface area contributed by atoms with Gasteiger partial charge in [-0.05, 0) is 43.2 Å². The molecular formula is C22H35ClN2O4S. The van der Waals surface area contributed by atoms with Crippen LogP contribution < -0.4 is 4.90 Å². The Morgan fingerprint density at radius 3 is 2.13 bits per heavy atom. The highest BCUT2D eigenvalue weighted by Gasteiger charge is 2.33. The normalized spacial score (nSPS) is 20.3. The molecule has 6 nitrogen and oxygen atoms in total. The molecule has 8 heteroatoms. The van der Waals surface area contributed by atoms with Gasteiger partial charge in [-0.25, -0.2) is 13.2 Å². The van der Waals surface area contributed by atoms with Gasteiger partial charge < -0.3 is 10.0 Å². The molecule has 1 aromatic rings. The highest BCUT2D eigenvalue weighted by atomic mass is 35.5. The van der Waals surface area contributed by atoms with Crippen LogP contribution in [0.2, 0.25) is 5.02 Å². The van der Waals surface area contributed by atoms with Crippen LogP contribution in [0, 0.1) is 11.8 Å². The summed E-state index contributed by atoms with van der Waals surface area (Å²) in [5, 5.41) is 10.1. The number of nitrogens with zero attached hydrogens (tertiary/aromatic N) is 2. The first-order chi connectivity index (χ1) is 14.1. The maximum atomic E-state index is 13.3. The van der Waals surface area contributed by atoms with Gasteiger partial charge in [0, 0.05) is 26.2 Å². The number of halogens is 1. The summed E-state index contributed by atoms with van der Waals surface area (Å²) >= 11 is 6.55. The third-order valence-electron chi connectivity index (χ3n) is 5.62. The number of piperidine rings is 1. The fourth-order valence-corrected chi connectivity index (χ4v) is 6.33. The third-order valence-corrected chi connectivity index (χ3v) is 7.72. The average Bonchev–Trinajstić information content (AvgIpc) is 2.67. The predicted molar refractivity (Wildman–Crippen MR) is 122 cm³/mol. The van der Waals surface area contributed by atoms with Crippen molar-refractivity contribution in [3.63, 3.8) is 0 Å². The van der Waals surface area contributed by atoms with E-state index in [1.165, 1.54) is 16.4 Å². The van der Waals surface area contributed by atoms with Gasteiger partial charge in [0.1, 0.15) is 0 Å². The Labute approximate surface area is 186 Å². The maximum absolute atomic E-state index is 13.3. The summed E-state index contributed by atoms with van der Waals surface area (Å²) in [4.78, 5) is 14.0. The van der Waals surface area contributed by atoms with Crippen molar-refractivity contribution in [1.29, 1.82) is 0 Å². The molecule has 0 aliphatic carbocycles. The molecule has 2 rings (SSSR count). The third kappa shape index (κ3) is 5.89. The first-order valence-electron chi connectivity index (χ1n) is 10.9. The van der Waals surface area contributed by atoms with Crippen LogP contribution in [0.1, 0.15) is 70.2 Å². The van der Waals surface area contributed by atoms with E-state index in [4.69, 9.17) is 11.6 Å². The van der Waals surface area contributed by atoms with E-state index in [9.17, 15) is 18.3 Å². The Hall–Kier alpha value is -1.31. The number of rotatable bonds is 10. The van der Waals surface area contributed by atoms with Crippen molar-refractivity contribution < 1.29 is 18.3 Å². The first-order valence-corrected chi connectivity index (χ1v) is 12.7. The van der Waals surface area contributed by atoms with Crippen LogP contribution in [0.5, 0.6) is 0 Å². The van der Waals surface area contributed by atoms with E-state index in [0.29, 0.717) is 31.9 Å². The lowest BCUT2D eigenvalue weighted by atomic mass is 9.94. The summed E-state index contributed by atoms with van der Waals surface area (Å²) in [6.07, 6.45) is 4.74. The second-order valence-electron chi connectivity index (χ2n) is 8.57. The first kappa shape index (κ1) is 25.0. The molecule has 170 valence electrons. The van der Waals surface area contributed by atoms with Crippen LogP contribution in [0.3, 0.4) is 0 Å². The SMILES string of the molecule is CCCCN(CCCC)c1c(Cl)cc(S(=O)(=O)N2CC(C)CC(C)C2)cc1C(=O)O. The molecule has 0 aromatic heterocycles. The van der Waals surface area contributed by atoms with Gasteiger partial charge in [0.25, 0.3) is 0 Å². The lowest BCUT2D eigenvalue weighted by Gasteiger charge is -2.34. The van der Waals surface area contributed by atoms with E-state index in [2.05, 4.69) is 13.8 Å². The van der Waals surface area contributed by atoms with Crippen molar-refractivity contribution in [2.75, 3.05) is 31.1 Å². The number of unbranched alkanes of at least 4 members (excludes halogenated alkanes) is 2. The molecule has 0 spiro atoms. The van der Waals surface area contributed by atoms with Crippen LogP contribution in [0.15, 0.2) is 17.0 Å². The molecule has 1 aliphatic rings. The molecule has 0 amide bonds. The minimum Gasteiger partial charge on any atom is -0.478 e. The smallest absolute Gasteiger partial charge is 0.337 e. The van der Waals surface area contributed by atoms with E-state index in [1.807, 2.05) is 18.7 Å². The van der Waals surface area contributed by atoms with E-state index in [-0.39, 0.29) is 27.3 Å². The second kappa shape index (κ2) is 10.8. The summed E-state index contributed by atoms with van der Waals surface area (Å²) in [6.45, 7) is 10.5. The standard InChI is InChI=1S/C22H35ClN2O4S/c1-5-7-9-24(10-8-6-2)21-19(22(26)27)12-18(13-20(21)23)30(28,29)25-14-16(3)11-17(4)15-25/h12-13,16-17H,5-11,14-15H2,1-4H3,(H,26,27). The Bertz CT molecular complexity index is 826. The zero-order valence-corrected chi connectivity index (χ0v) is 20.1. The van der Waals surface area contributed by atoms with Gasteiger partial charge in [0.2, 0.25) is 10.0 Å². The van der Waals surface area contributed by atoms with Crippen LogP contribution in [-0.2, 0) is 10.0 Å². The van der Waals surface area contributed by atoms with Crippen molar-refractivity contribution in [2.24, 2.45) is 11.8 Å². The van der Waals surface area contributed by atoms with Crippen molar-refractivity contribution in [1.82, 2.24) is 4.31 Å². The molecular weight excluding hydrogens is 424 g/mol. The van der Waals surface area contributed by atoms with Gasteiger partial charge in [-0.15, -0.1) is 0 Å². The van der Waals surface area contributed by atoms with Gasteiger partial charge in [-0.1, -0.05) is 52.1 Å². The Morgan fingerprint density at radius 1 is 1.13 bits per heavy atom. The van der Waals surface area contributed by atoms with E-state index in [0.717, 1.165) is 32.1 Å². The van der Waals surface area contributed by atoms with Crippen molar-refractivity contribution >= 4 is 33.3 Å². The highest BCUT2D eigenvalue weighted by Crippen LogP contribution is 2.36. The van der Waals surface area contributed by atoms with Crippen molar-refractivity contribution in [3.8, 4) is 0 Å². The number of carboxylic acid groups (broad SMARTS) is 1. The summed E-state index contributed by atoms with van der Waals surface area (Å²) in [5.41, 5.74) is 0.372. The second-order valence-corrected chi connectivity index (χ2v) is 10.9. The fourth-order valence-electron chi connectivity index (χ4n) is 4.19. The van der Waals surface area contributed by atoms with Crippen molar-refractivity contribution in [2.45, 2.75) is 64.7 Å². The largest absolute Gasteiger partial charge is 0.478 e. The molecule has 1 aliphatic heterocycles. The molecule has 0 bridgehead atoms. The van der Waals surface area contributed by atoms with Gasteiger partial charge in [0.15, 0.2) is 0 Å². The Balaban J connectivity index is 2.50. The van der Waals surface area contributed by atoms with Crippen LogP contribution in [-0.4, -0.2) is 50.0 Å². The quantitative estimate of drug-likeness (QED) is 0.527. The van der Waals surface area contributed by atoms with Crippen molar-refractivity contribution in [3.05, 3.63) is 22.7 Å². The monoisotopic (exact) mass is 458 g/mol. The van der Waals surface area contributed by atoms with Crippen LogP contribution in [0.25, 0.3) is 0 Å². The molecule has 0 radical (unpaired) electrons. The number of hydrogen-bond acceptors (Lipinski definition) is 4. The minimum absolute atomic E-state index is 0.0408. The zero-order valence-electron chi connectivity index (χ0n) is 18.5. The van der Waals surface area contributed by atoms with Crippen LogP contribution >= 0.6 is 11.6 Å². The number of anilines is 1. The number of sulfonamides is 1. The summed E-state index contributed by atoms with van der Waals surface area (Å²) in [7, 11) is -3.82. The minimum atomic E-state index is -3.82. The van der Waals surface area contributed by atoms with E-state index < -0.39 is 16.0 Å². The number of carbonyl (C=O) groups is 1. The Morgan fingerprint density at radius 2 is 1.67 bits per heavy atom. The highest BCUT2D eigenvalue weighted by molar-refractivity contribution is 7.89. The number of benzene rings is 1. The lowest BCUT2D eigenvalue weighted by Crippen LogP contribution is -2.42. The summed E-state index contributed by atoms with van der Waals surface area (Å²) < 4.78 is 28.0. The molecule has 30 heavy (non-hydrogen) atoms.